The molecule has 0 aliphatic heterocycles. The highest BCUT2D eigenvalue weighted by atomic mass is 31.2. The van der Waals surface area contributed by atoms with Crippen LogP contribution in [0.1, 0.15) is 155 Å². The summed E-state index contributed by atoms with van der Waals surface area (Å²) in [7, 11) is -4.77. The quantitative estimate of drug-likeness (QED) is 0.0292. The van der Waals surface area contributed by atoms with Crippen molar-refractivity contribution in [2.24, 2.45) is 0 Å². The molecule has 0 aromatic carbocycles. The summed E-state index contributed by atoms with van der Waals surface area (Å²) in [5, 5.41) is 0. The molecule has 0 bridgehead atoms. The Balaban J connectivity index is 4.11. The molecule has 0 saturated heterocycles. The summed E-state index contributed by atoms with van der Waals surface area (Å²) < 4.78 is 26.3. The Hall–Kier alpha value is -2.51. The largest absolute Gasteiger partial charge is 0.469 e. The van der Waals surface area contributed by atoms with Crippen LogP contribution in [0.25, 0.3) is 0 Å². The number of rotatable bonds is 34. The molecule has 0 saturated carbocycles. The van der Waals surface area contributed by atoms with Gasteiger partial charge in [-0.3, -0.25) is 14.1 Å². The third-order valence-electron chi connectivity index (χ3n) is 7.70. The van der Waals surface area contributed by atoms with Crippen molar-refractivity contribution >= 4 is 19.8 Å². The van der Waals surface area contributed by atoms with Crippen LogP contribution in [0.4, 0.5) is 0 Å². The summed E-state index contributed by atoms with van der Waals surface area (Å²) in [6.07, 6.45) is 46.2. The van der Waals surface area contributed by atoms with Gasteiger partial charge in [0.2, 0.25) is 0 Å². The molecule has 0 unspecified atom stereocenters. The highest BCUT2D eigenvalue weighted by molar-refractivity contribution is 7.46. The molecule has 1 atom stereocenters. The van der Waals surface area contributed by atoms with Gasteiger partial charge in [-0.15, -0.1) is 0 Å². The van der Waals surface area contributed by atoms with Crippen molar-refractivity contribution in [1.82, 2.24) is 0 Å². The third kappa shape index (κ3) is 38.3. The number of allylic oxidation sites excluding steroid dienone is 12. The summed E-state index contributed by atoms with van der Waals surface area (Å²) >= 11 is 0. The van der Waals surface area contributed by atoms with Crippen LogP contribution in [0, 0.1) is 0 Å². The van der Waals surface area contributed by atoms with Crippen LogP contribution in [0.15, 0.2) is 72.9 Å². The SMILES string of the molecule is CCCCC/C=C/C/C=C/C/C=C/C/C=C/CCCC(=O)OC[C@H](COP(=O)(O)O)OC(=O)CCCCCCC/C=C/C/C=C/CCCCC. The number of hydrogen-bond donors (Lipinski definition) is 2. The Bertz CT molecular complexity index is 1040. The van der Waals surface area contributed by atoms with Gasteiger partial charge >= 0.3 is 19.8 Å². The molecule has 50 heavy (non-hydrogen) atoms. The Labute approximate surface area is 304 Å². The smallest absolute Gasteiger partial charge is 0.462 e. The first-order chi connectivity index (χ1) is 24.3. The van der Waals surface area contributed by atoms with Crippen LogP contribution in [-0.4, -0.2) is 41.0 Å². The van der Waals surface area contributed by atoms with Gasteiger partial charge in [0.1, 0.15) is 6.61 Å². The summed E-state index contributed by atoms with van der Waals surface area (Å²) in [6, 6.07) is 0. The minimum Gasteiger partial charge on any atom is -0.462 e. The number of phosphoric ester groups is 1. The topological polar surface area (TPSA) is 119 Å². The fourth-order valence-electron chi connectivity index (χ4n) is 4.81. The molecule has 0 aromatic heterocycles. The maximum absolute atomic E-state index is 12.4. The fourth-order valence-corrected chi connectivity index (χ4v) is 5.17. The fraction of sp³-hybridized carbons (Fsp3) is 0.659. The van der Waals surface area contributed by atoms with Crippen molar-refractivity contribution in [3.8, 4) is 0 Å². The van der Waals surface area contributed by atoms with Crippen molar-refractivity contribution in [2.75, 3.05) is 13.2 Å². The van der Waals surface area contributed by atoms with Crippen molar-refractivity contribution < 1.29 is 37.9 Å². The molecule has 0 rings (SSSR count). The molecule has 9 heteroatoms. The summed E-state index contributed by atoms with van der Waals surface area (Å²) in [5.41, 5.74) is 0. The van der Waals surface area contributed by atoms with E-state index in [0.717, 1.165) is 64.2 Å². The van der Waals surface area contributed by atoms with Gasteiger partial charge in [-0.2, -0.15) is 0 Å². The number of unbranched alkanes of at least 4 members (excludes halogenated alkanes) is 12. The van der Waals surface area contributed by atoms with Gasteiger partial charge in [0.05, 0.1) is 6.61 Å². The maximum Gasteiger partial charge on any atom is 0.469 e. The zero-order valence-corrected chi connectivity index (χ0v) is 32.2. The normalized spacial score (nSPS) is 13.3. The molecule has 286 valence electrons. The van der Waals surface area contributed by atoms with Gasteiger partial charge in [0.15, 0.2) is 6.10 Å². The number of ether oxygens (including phenoxy) is 2. The second-order valence-corrected chi connectivity index (χ2v) is 13.8. The molecule has 8 nitrogen and oxygen atoms in total. The summed E-state index contributed by atoms with van der Waals surface area (Å²) in [4.78, 5) is 42.7. The number of esters is 2. The monoisotopic (exact) mass is 720 g/mol. The van der Waals surface area contributed by atoms with Gasteiger partial charge in [-0.05, 0) is 83.5 Å². The number of carbonyl (C=O) groups is 2. The molecule has 0 spiro atoms. The Morgan fingerprint density at radius 3 is 1.40 bits per heavy atom. The molecular weight excluding hydrogens is 651 g/mol. The molecule has 0 radical (unpaired) electrons. The molecule has 2 N–H and O–H groups in total. The lowest BCUT2D eigenvalue weighted by Crippen LogP contribution is -2.29. The minimum atomic E-state index is -4.77. The highest BCUT2D eigenvalue weighted by Gasteiger charge is 2.22. The predicted octanol–water partition coefficient (Wildman–Crippen LogP) is 11.5. The lowest BCUT2D eigenvalue weighted by Gasteiger charge is -2.18. The second kappa shape index (κ2) is 36.3. The van der Waals surface area contributed by atoms with E-state index in [9.17, 15) is 14.2 Å². The predicted molar refractivity (Wildman–Crippen MR) is 207 cm³/mol. The van der Waals surface area contributed by atoms with Crippen molar-refractivity contribution in [3.63, 3.8) is 0 Å². The molecule has 0 amide bonds. The third-order valence-corrected chi connectivity index (χ3v) is 8.18. The average Bonchev–Trinajstić information content (AvgIpc) is 3.08. The molecule has 0 aliphatic carbocycles. The van der Waals surface area contributed by atoms with Crippen LogP contribution in [0.5, 0.6) is 0 Å². The second-order valence-electron chi connectivity index (χ2n) is 12.5. The van der Waals surface area contributed by atoms with Gasteiger partial charge in [0, 0.05) is 12.8 Å². The number of phosphoric acid groups is 1. The van der Waals surface area contributed by atoms with Crippen LogP contribution in [-0.2, 0) is 28.2 Å². The van der Waals surface area contributed by atoms with E-state index in [-0.39, 0.29) is 19.4 Å². The first-order valence-corrected chi connectivity index (χ1v) is 20.8. The van der Waals surface area contributed by atoms with Crippen molar-refractivity contribution in [1.29, 1.82) is 0 Å². The molecular formula is C41H69O8P. The van der Waals surface area contributed by atoms with Gasteiger partial charge in [0.25, 0.3) is 0 Å². The van der Waals surface area contributed by atoms with E-state index < -0.39 is 32.5 Å². The van der Waals surface area contributed by atoms with E-state index >= 15 is 0 Å². The van der Waals surface area contributed by atoms with E-state index in [0.29, 0.717) is 12.8 Å². The lowest BCUT2D eigenvalue weighted by molar-refractivity contribution is -0.161. The van der Waals surface area contributed by atoms with Crippen molar-refractivity contribution in [2.45, 2.75) is 161 Å². The summed E-state index contributed by atoms with van der Waals surface area (Å²) in [6.45, 7) is 3.55. The molecule has 0 heterocycles. The van der Waals surface area contributed by atoms with E-state index in [1.54, 1.807) is 0 Å². The summed E-state index contributed by atoms with van der Waals surface area (Å²) in [5.74, 6) is -0.974. The van der Waals surface area contributed by atoms with Crippen molar-refractivity contribution in [3.05, 3.63) is 72.9 Å². The van der Waals surface area contributed by atoms with E-state index in [1.807, 2.05) is 6.08 Å². The van der Waals surface area contributed by atoms with E-state index in [4.69, 9.17) is 19.3 Å². The Morgan fingerprint density at radius 2 is 0.920 bits per heavy atom. The standard InChI is InChI=1S/C41H69O8P/c1-3-5-7-9-11-13-15-17-19-20-22-23-25-27-29-31-33-35-40(42)47-37-39(38-48-50(44,45)46)49-41(43)36-34-32-30-28-26-24-21-18-16-14-12-10-8-6-4-2/h11-14,17-19,21-23,27,29,39H,3-10,15-16,20,24-26,28,30-38H2,1-2H3,(H2,44,45,46)/b13-11+,14-12+,19-17+,21-18+,23-22+,29-27+/t39-/m1/s1. The maximum atomic E-state index is 12.4. The van der Waals surface area contributed by atoms with Gasteiger partial charge in [-0.1, -0.05) is 132 Å². The highest BCUT2D eigenvalue weighted by Crippen LogP contribution is 2.36. The van der Waals surface area contributed by atoms with E-state index in [2.05, 4.69) is 85.2 Å². The zero-order valence-electron chi connectivity index (χ0n) is 31.3. The molecule has 0 aromatic rings. The lowest BCUT2D eigenvalue weighted by atomic mass is 10.1. The Kier molecular flexibility index (Phi) is 34.5. The van der Waals surface area contributed by atoms with Gasteiger partial charge < -0.3 is 19.3 Å². The van der Waals surface area contributed by atoms with Gasteiger partial charge in [-0.25, -0.2) is 4.57 Å². The number of hydrogen-bond acceptors (Lipinski definition) is 6. The Morgan fingerprint density at radius 1 is 0.520 bits per heavy atom. The molecule has 0 fully saturated rings. The molecule has 0 aliphatic rings. The average molecular weight is 721 g/mol. The van der Waals surface area contributed by atoms with Crippen LogP contribution >= 0.6 is 7.82 Å². The first-order valence-electron chi connectivity index (χ1n) is 19.2. The number of carbonyl (C=O) groups excluding carboxylic acids is 2. The van der Waals surface area contributed by atoms with Crippen LogP contribution in [0.2, 0.25) is 0 Å². The first kappa shape index (κ1) is 47.5. The van der Waals surface area contributed by atoms with Crippen LogP contribution < -0.4 is 0 Å². The van der Waals surface area contributed by atoms with E-state index in [1.165, 1.54) is 51.4 Å². The zero-order chi connectivity index (χ0) is 36.8. The van der Waals surface area contributed by atoms with Crippen LogP contribution in [0.3, 0.4) is 0 Å². The minimum absolute atomic E-state index is 0.180.